The summed E-state index contributed by atoms with van der Waals surface area (Å²) in [4.78, 5) is 0.266. The number of benzene rings is 1. The molecule has 1 aromatic carbocycles. The number of aliphatic hydroxyl groups excluding tert-OH is 1. The van der Waals surface area contributed by atoms with Gasteiger partial charge >= 0.3 is 0 Å². The summed E-state index contributed by atoms with van der Waals surface area (Å²) >= 11 is 0. The Morgan fingerprint density at radius 2 is 2.11 bits per heavy atom. The monoisotopic (exact) mass is 284 g/mol. The highest BCUT2D eigenvalue weighted by molar-refractivity contribution is 7.89. The number of rotatable bonds is 2. The average Bonchev–Trinajstić information content (AvgIpc) is 2.35. The molecule has 0 aliphatic carbocycles. The molecule has 1 saturated heterocycles. The van der Waals surface area contributed by atoms with Crippen molar-refractivity contribution in [1.82, 2.24) is 4.31 Å². The molecule has 0 saturated carbocycles. The van der Waals surface area contributed by atoms with Crippen molar-refractivity contribution in [2.75, 3.05) is 18.8 Å². The van der Waals surface area contributed by atoms with Gasteiger partial charge in [-0.25, -0.2) is 8.42 Å². The Hall–Kier alpha value is -1.11. The topological polar surface area (TPSA) is 83.6 Å². The molecule has 0 aromatic heterocycles. The molecule has 6 heteroatoms. The maximum Gasteiger partial charge on any atom is 0.243 e. The molecule has 1 fully saturated rings. The van der Waals surface area contributed by atoms with Crippen LogP contribution in [-0.2, 0) is 10.0 Å². The van der Waals surface area contributed by atoms with Gasteiger partial charge in [-0.3, -0.25) is 0 Å². The molecule has 3 N–H and O–H groups in total. The molecule has 5 nitrogen and oxygen atoms in total. The number of anilines is 1. The van der Waals surface area contributed by atoms with Crippen LogP contribution in [0.2, 0.25) is 0 Å². The van der Waals surface area contributed by atoms with Crippen molar-refractivity contribution in [3.63, 3.8) is 0 Å². The quantitative estimate of drug-likeness (QED) is 0.793. The summed E-state index contributed by atoms with van der Waals surface area (Å²) in [6.07, 6.45) is 0.0635. The molecule has 1 aliphatic rings. The summed E-state index contributed by atoms with van der Waals surface area (Å²) in [6, 6.07) is 4.75. The predicted molar refractivity (Wildman–Crippen MR) is 74.1 cm³/mol. The minimum Gasteiger partial charge on any atom is -0.399 e. The lowest BCUT2D eigenvalue weighted by Gasteiger charge is -2.33. The fourth-order valence-electron chi connectivity index (χ4n) is 2.27. The molecule has 0 spiro atoms. The van der Waals surface area contributed by atoms with Crippen molar-refractivity contribution in [2.24, 2.45) is 5.92 Å². The van der Waals surface area contributed by atoms with E-state index in [0.717, 1.165) is 5.56 Å². The summed E-state index contributed by atoms with van der Waals surface area (Å²) in [5, 5.41) is 9.67. The van der Waals surface area contributed by atoms with Gasteiger partial charge in [0.2, 0.25) is 10.0 Å². The van der Waals surface area contributed by atoms with Gasteiger partial charge in [-0.15, -0.1) is 0 Å². The molecule has 0 bridgehead atoms. The van der Waals surface area contributed by atoms with Crippen LogP contribution in [0.1, 0.15) is 18.9 Å². The van der Waals surface area contributed by atoms with E-state index in [1.807, 2.05) is 6.92 Å². The Morgan fingerprint density at radius 1 is 1.42 bits per heavy atom. The zero-order valence-electron chi connectivity index (χ0n) is 11.2. The van der Waals surface area contributed by atoms with Crippen LogP contribution in [0.3, 0.4) is 0 Å². The van der Waals surface area contributed by atoms with Gasteiger partial charge in [0.1, 0.15) is 0 Å². The smallest absolute Gasteiger partial charge is 0.243 e. The van der Waals surface area contributed by atoms with E-state index in [1.165, 1.54) is 10.4 Å². The Morgan fingerprint density at radius 3 is 2.68 bits per heavy atom. The van der Waals surface area contributed by atoms with E-state index in [4.69, 9.17) is 5.73 Å². The van der Waals surface area contributed by atoms with E-state index in [2.05, 4.69) is 0 Å². The van der Waals surface area contributed by atoms with Crippen molar-refractivity contribution in [3.8, 4) is 0 Å². The van der Waals surface area contributed by atoms with Crippen molar-refractivity contribution in [1.29, 1.82) is 0 Å². The number of nitrogens with two attached hydrogens (primary N) is 1. The first-order valence-electron chi connectivity index (χ1n) is 6.36. The van der Waals surface area contributed by atoms with Gasteiger partial charge in [-0.2, -0.15) is 4.31 Å². The highest BCUT2D eigenvalue weighted by Gasteiger charge is 2.32. The second-order valence-electron chi connectivity index (χ2n) is 5.21. The van der Waals surface area contributed by atoms with Gasteiger partial charge in [-0.1, -0.05) is 6.92 Å². The number of sulfonamides is 1. The fourth-order valence-corrected chi connectivity index (χ4v) is 3.91. The molecule has 1 aliphatic heterocycles. The van der Waals surface area contributed by atoms with Gasteiger partial charge < -0.3 is 10.8 Å². The van der Waals surface area contributed by atoms with E-state index in [-0.39, 0.29) is 10.8 Å². The summed E-state index contributed by atoms with van der Waals surface area (Å²) < 4.78 is 26.5. The highest BCUT2D eigenvalue weighted by Crippen LogP contribution is 2.25. The van der Waals surface area contributed by atoms with E-state index < -0.39 is 16.1 Å². The van der Waals surface area contributed by atoms with E-state index >= 15 is 0 Å². The summed E-state index contributed by atoms with van der Waals surface area (Å²) in [5.41, 5.74) is 7.05. The molecular weight excluding hydrogens is 264 g/mol. The Bertz CT molecular complexity index is 571. The zero-order chi connectivity index (χ0) is 14.2. The Labute approximate surface area is 114 Å². The molecule has 2 rings (SSSR count). The number of hydrogen-bond acceptors (Lipinski definition) is 4. The van der Waals surface area contributed by atoms with Gasteiger partial charge in [0.25, 0.3) is 0 Å². The van der Waals surface area contributed by atoms with Crippen LogP contribution in [0, 0.1) is 12.8 Å². The zero-order valence-corrected chi connectivity index (χ0v) is 12.0. The minimum atomic E-state index is -3.49. The summed E-state index contributed by atoms with van der Waals surface area (Å²) in [7, 11) is -3.49. The largest absolute Gasteiger partial charge is 0.399 e. The average molecular weight is 284 g/mol. The third-order valence-corrected chi connectivity index (χ3v) is 5.56. The SMILES string of the molecule is Cc1cc(S(=O)(=O)N2CCC(O)C(C)C2)ccc1N. The van der Waals surface area contributed by atoms with Gasteiger partial charge in [0.05, 0.1) is 11.0 Å². The van der Waals surface area contributed by atoms with E-state index in [9.17, 15) is 13.5 Å². The fraction of sp³-hybridized carbons (Fsp3) is 0.538. The Kier molecular flexibility index (Phi) is 3.85. The van der Waals surface area contributed by atoms with Gasteiger partial charge in [0.15, 0.2) is 0 Å². The second-order valence-corrected chi connectivity index (χ2v) is 7.15. The standard InChI is InChI=1S/C13H20N2O3S/c1-9-7-11(3-4-12(9)14)19(17,18)15-6-5-13(16)10(2)8-15/h3-4,7,10,13,16H,5-6,8,14H2,1-2H3. The molecule has 0 radical (unpaired) electrons. The first kappa shape index (κ1) is 14.3. The first-order valence-corrected chi connectivity index (χ1v) is 7.80. The van der Waals surface area contributed by atoms with E-state index in [1.54, 1.807) is 19.1 Å². The molecule has 2 atom stereocenters. The number of nitrogen functional groups attached to an aromatic ring is 1. The van der Waals surface area contributed by atoms with Crippen LogP contribution < -0.4 is 5.73 Å². The third-order valence-electron chi connectivity index (χ3n) is 3.70. The highest BCUT2D eigenvalue weighted by atomic mass is 32.2. The molecular formula is C13H20N2O3S. The summed E-state index contributed by atoms with van der Waals surface area (Å²) in [5.74, 6) is -0.0431. The molecule has 106 valence electrons. The van der Waals surface area contributed by atoms with Crippen molar-refractivity contribution < 1.29 is 13.5 Å². The van der Waals surface area contributed by atoms with E-state index in [0.29, 0.717) is 25.2 Å². The van der Waals surface area contributed by atoms with Gasteiger partial charge in [-0.05, 0) is 43.0 Å². The predicted octanol–water partition coefficient (Wildman–Crippen LogP) is 0.969. The first-order chi connectivity index (χ1) is 8.82. The van der Waals surface area contributed by atoms with Crippen LogP contribution >= 0.6 is 0 Å². The number of aliphatic hydroxyl groups is 1. The number of aryl methyl sites for hydroxylation is 1. The Balaban J connectivity index is 2.29. The third kappa shape index (κ3) is 2.75. The maximum atomic E-state index is 12.5. The van der Waals surface area contributed by atoms with Crippen molar-refractivity contribution >= 4 is 15.7 Å². The van der Waals surface area contributed by atoms with Crippen LogP contribution in [0.25, 0.3) is 0 Å². The van der Waals surface area contributed by atoms with Crippen molar-refractivity contribution in [2.45, 2.75) is 31.3 Å². The molecule has 19 heavy (non-hydrogen) atoms. The van der Waals surface area contributed by atoms with Crippen LogP contribution in [-0.4, -0.2) is 37.0 Å². The van der Waals surface area contributed by atoms with Crippen LogP contribution in [0.15, 0.2) is 23.1 Å². The van der Waals surface area contributed by atoms with Gasteiger partial charge in [0, 0.05) is 18.8 Å². The molecule has 1 heterocycles. The van der Waals surface area contributed by atoms with Crippen molar-refractivity contribution in [3.05, 3.63) is 23.8 Å². The normalized spacial score (nSPS) is 25.4. The maximum absolute atomic E-state index is 12.5. The molecule has 0 amide bonds. The molecule has 2 unspecified atom stereocenters. The molecule has 1 aromatic rings. The number of nitrogens with zero attached hydrogens (tertiary/aromatic N) is 1. The van der Waals surface area contributed by atoms with Crippen LogP contribution in [0.5, 0.6) is 0 Å². The summed E-state index contributed by atoms with van der Waals surface area (Å²) in [6.45, 7) is 4.36. The minimum absolute atomic E-state index is 0.0431. The lowest BCUT2D eigenvalue weighted by Crippen LogP contribution is -2.44. The number of piperidine rings is 1. The lowest BCUT2D eigenvalue weighted by atomic mass is 9.99. The lowest BCUT2D eigenvalue weighted by molar-refractivity contribution is 0.0628. The van der Waals surface area contributed by atoms with Crippen LogP contribution in [0.4, 0.5) is 5.69 Å². The number of hydrogen-bond donors (Lipinski definition) is 2. The second kappa shape index (κ2) is 5.11.